The van der Waals surface area contributed by atoms with E-state index in [1.165, 1.54) is 0 Å². The summed E-state index contributed by atoms with van der Waals surface area (Å²) in [7, 11) is 0. The second-order valence-electron chi connectivity index (χ2n) is 4.45. The van der Waals surface area contributed by atoms with Crippen molar-refractivity contribution in [3.63, 3.8) is 0 Å². The minimum absolute atomic E-state index is 0.327. The normalized spacial score (nSPS) is 10.7. The van der Waals surface area contributed by atoms with Crippen molar-refractivity contribution in [2.75, 3.05) is 5.32 Å². The summed E-state index contributed by atoms with van der Waals surface area (Å²) in [6, 6.07) is 11.2. The molecule has 3 N–H and O–H groups in total. The van der Waals surface area contributed by atoms with Gasteiger partial charge in [0.2, 0.25) is 0 Å². The Kier molecular flexibility index (Phi) is 3.90. The SMILES string of the molecule is N#Cc1c(N=Cc2cc[nH]c2)n[nH]c1Nc1cccc(Cl)c1. The highest BCUT2D eigenvalue weighted by Crippen LogP contribution is 2.26. The van der Waals surface area contributed by atoms with E-state index >= 15 is 0 Å². The van der Waals surface area contributed by atoms with Crippen LogP contribution in [0.2, 0.25) is 5.02 Å². The van der Waals surface area contributed by atoms with E-state index in [1.807, 2.05) is 18.2 Å². The molecule has 2 heterocycles. The van der Waals surface area contributed by atoms with Crippen molar-refractivity contribution in [2.24, 2.45) is 4.99 Å². The van der Waals surface area contributed by atoms with E-state index in [-0.39, 0.29) is 0 Å². The second-order valence-corrected chi connectivity index (χ2v) is 4.88. The molecule has 22 heavy (non-hydrogen) atoms. The van der Waals surface area contributed by atoms with Gasteiger partial charge in [-0.1, -0.05) is 17.7 Å². The van der Waals surface area contributed by atoms with E-state index in [4.69, 9.17) is 11.6 Å². The van der Waals surface area contributed by atoms with Gasteiger partial charge in [0.1, 0.15) is 17.5 Å². The van der Waals surface area contributed by atoms with Crippen LogP contribution in [0.3, 0.4) is 0 Å². The lowest BCUT2D eigenvalue weighted by Crippen LogP contribution is -1.92. The summed E-state index contributed by atoms with van der Waals surface area (Å²) in [5, 5.41) is 19.8. The molecule has 0 unspecified atom stereocenters. The quantitative estimate of drug-likeness (QED) is 0.640. The van der Waals surface area contributed by atoms with Crippen LogP contribution in [0.1, 0.15) is 11.1 Å². The van der Waals surface area contributed by atoms with Crippen molar-refractivity contribution in [1.29, 1.82) is 5.26 Å². The van der Waals surface area contributed by atoms with Crippen molar-refractivity contribution in [3.8, 4) is 6.07 Å². The smallest absolute Gasteiger partial charge is 0.193 e. The molecular weight excluding hydrogens is 300 g/mol. The fraction of sp³-hybridized carbons (Fsp3) is 0. The van der Waals surface area contributed by atoms with Gasteiger partial charge in [-0.05, 0) is 24.3 Å². The van der Waals surface area contributed by atoms with Crippen LogP contribution in [0.25, 0.3) is 0 Å². The van der Waals surface area contributed by atoms with Gasteiger partial charge in [-0.2, -0.15) is 10.4 Å². The van der Waals surface area contributed by atoms with Gasteiger partial charge in [0, 0.05) is 34.9 Å². The third-order valence-corrected chi connectivity index (χ3v) is 3.15. The first-order chi connectivity index (χ1) is 10.8. The Balaban J connectivity index is 1.86. The van der Waals surface area contributed by atoms with Crippen molar-refractivity contribution < 1.29 is 0 Å². The topological polar surface area (TPSA) is 92.7 Å². The summed E-state index contributed by atoms with van der Waals surface area (Å²) < 4.78 is 0. The van der Waals surface area contributed by atoms with Crippen molar-refractivity contribution >= 4 is 35.1 Å². The summed E-state index contributed by atoms with van der Waals surface area (Å²) in [6.45, 7) is 0. The standard InChI is InChI=1S/C15H11ClN6/c16-11-2-1-3-12(6-11)20-15-13(7-17)14(21-22-15)19-9-10-4-5-18-8-10/h1-6,8-9,18H,(H2,20,21,22). The molecule has 0 spiro atoms. The number of halogens is 1. The number of aromatic nitrogens is 3. The summed E-state index contributed by atoms with van der Waals surface area (Å²) >= 11 is 5.94. The van der Waals surface area contributed by atoms with Gasteiger partial charge in [-0.3, -0.25) is 5.10 Å². The zero-order valence-electron chi connectivity index (χ0n) is 11.3. The van der Waals surface area contributed by atoms with Crippen LogP contribution in [0.4, 0.5) is 17.3 Å². The van der Waals surface area contributed by atoms with Crippen LogP contribution in [-0.4, -0.2) is 21.4 Å². The molecule has 0 saturated heterocycles. The largest absolute Gasteiger partial charge is 0.367 e. The van der Waals surface area contributed by atoms with E-state index in [9.17, 15) is 5.26 Å². The van der Waals surface area contributed by atoms with Crippen LogP contribution in [0.5, 0.6) is 0 Å². The molecular formula is C15H11ClN6. The van der Waals surface area contributed by atoms with E-state index < -0.39 is 0 Å². The average molecular weight is 311 g/mol. The molecule has 108 valence electrons. The van der Waals surface area contributed by atoms with Gasteiger partial charge in [0.15, 0.2) is 5.82 Å². The number of nitrogens with one attached hydrogen (secondary N) is 3. The van der Waals surface area contributed by atoms with E-state index in [1.54, 1.807) is 30.7 Å². The number of H-pyrrole nitrogens is 2. The van der Waals surface area contributed by atoms with Crippen LogP contribution in [0, 0.1) is 11.3 Å². The number of aromatic amines is 2. The second kappa shape index (κ2) is 6.16. The molecule has 7 heteroatoms. The van der Waals surface area contributed by atoms with E-state index in [0.29, 0.717) is 22.2 Å². The first-order valence-electron chi connectivity index (χ1n) is 6.44. The van der Waals surface area contributed by atoms with Gasteiger partial charge in [0.25, 0.3) is 0 Å². The lowest BCUT2D eigenvalue weighted by atomic mass is 10.3. The number of nitriles is 1. The predicted molar refractivity (Wildman–Crippen MR) is 86.1 cm³/mol. The monoisotopic (exact) mass is 310 g/mol. The molecule has 0 atom stereocenters. The maximum Gasteiger partial charge on any atom is 0.193 e. The zero-order valence-corrected chi connectivity index (χ0v) is 12.1. The van der Waals surface area contributed by atoms with Crippen molar-refractivity contribution in [2.45, 2.75) is 0 Å². The van der Waals surface area contributed by atoms with Crippen LogP contribution in [0.15, 0.2) is 47.7 Å². The molecule has 0 aliphatic rings. The predicted octanol–water partition coefficient (Wildman–Crippen LogP) is 3.76. The van der Waals surface area contributed by atoms with Gasteiger partial charge in [0.05, 0.1) is 0 Å². The third-order valence-electron chi connectivity index (χ3n) is 2.91. The number of benzene rings is 1. The minimum atomic E-state index is 0.327. The highest BCUT2D eigenvalue weighted by molar-refractivity contribution is 6.30. The molecule has 0 amide bonds. The summed E-state index contributed by atoms with van der Waals surface area (Å²) in [5.74, 6) is 0.805. The highest BCUT2D eigenvalue weighted by Gasteiger charge is 2.12. The number of nitrogens with zero attached hydrogens (tertiary/aromatic N) is 3. The molecule has 3 rings (SSSR count). The van der Waals surface area contributed by atoms with Crippen molar-refractivity contribution in [3.05, 3.63) is 58.9 Å². The Morgan fingerprint density at radius 2 is 2.27 bits per heavy atom. The molecule has 0 aliphatic carbocycles. The summed E-state index contributed by atoms with van der Waals surface area (Å²) in [5.41, 5.74) is 2.00. The fourth-order valence-electron chi connectivity index (χ4n) is 1.89. The number of anilines is 2. The summed E-state index contributed by atoms with van der Waals surface area (Å²) in [6.07, 6.45) is 5.23. The molecule has 3 aromatic rings. The van der Waals surface area contributed by atoms with Gasteiger partial charge in [-0.25, -0.2) is 4.99 Å². The fourth-order valence-corrected chi connectivity index (χ4v) is 2.08. The van der Waals surface area contributed by atoms with Crippen LogP contribution >= 0.6 is 11.6 Å². The number of rotatable bonds is 4. The van der Waals surface area contributed by atoms with Gasteiger partial charge < -0.3 is 10.3 Å². The average Bonchev–Trinajstić information content (AvgIpc) is 3.14. The Morgan fingerprint density at radius 1 is 1.36 bits per heavy atom. The maximum atomic E-state index is 9.32. The number of hydrogen-bond donors (Lipinski definition) is 3. The number of hydrogen-bond acceptors (Lipinski definition) is 4. The molecule has 0 saturated carbocycles. The molecule has 0 aliphatic heterocycles. The van der Waals surface area contributed by atoms with E-state index in [0.717, 1.165) is 11.3 Å². The third kappa shape index (κ3) is 3.00. The Labute approximate surface area is 131 Å². The first kappa shape index (κ1) is 13.9. The highest BCUT2D eigenvalue weighted by atomic mass is 35.5. The molecule has 0 bridgehead atoms. The Morgan fingerprint density at radius 3 is 3.00 bits per heavy atom. The first-order valence-corrected chi connectivity index (χ1v) is 6.82. The molecule has 2 aromatic heterocycles. The minimum Gasteiger partial charge on any atom is -0.367 e. The molecule has 0 fully saturated rings. The van der Waals surface area contributed by atoms with Crippen LogP contribution in [-0.2, 0) is 0 Å². The Bertz CT molecular complexity index is 841. The Hall–Kier alpha value is -3.04. The van der Waals surface area contributed by atoms with Gasteiger partial charge >= 0.3 is 0 Å². The molecule has 0 radical (unpaired) electrons. The van der Waals surface area contributed by atoms with E-state index in [2.05, 4.69) is 31.6 Å². The lowest BCUT2D eigenvalue weighted by Gasteiger charge is -2.03. The number of aliphatic imine (C=N–C) groups is 1. The maximum absolute atomic E-state index is 9.32. The zero-order chi connectivity index (χ0) is 15.4. The lowest BCUT2D eigenvalue weighted by molar-refractivity contribution is 1.09. The van der Waals surface area contributed by atoms with Crippen LogP contribution < -0.4 is 5.32 Å². The van der Waals surface area contributed by atoms with Crippen molar-refractivity contribution in [1.82, 2.24) is 15.2 Å². The molecule has 6 nitrogen and oxygen atoms in total. The summed E-state index contributed by atoms with van der Waals surface area (Å²) in [4.78, 5) is 7.15. The van der Waals surface area contributed by atoms with Gasteiger partial charge in [-0.15, -0.1) is 0 Å². The molecule has 1 aromatic carbocycles.